The number of halogens is 2. The Morgan fingerprint density at radius 2 is 2.15 bits per heavy atom. The molecule has 4 nitrogen and oxygen atoms in total. The lowest BCUT2D eigenvalue weighted by molar-refractivity contribution is 0.221. The van der Waals surface area contributed by atoms with Crippen molar-refractivity contribution in [3.05, 3.63) is 45.8 Å². The van der Waals surface area contributed by atoms with E-state index in [0.29, 0.717) is 21.3 Å². The SMILES string of the molecule is Cc1c(F)ccc(O)c1C(C)Oc1cc(Br)cnc1N. The van der Waals surface area contributed by atoms with Gasteiger partial charge in [-0.1, -0.05) is 0 Å². The van der Waals surface area contributed by atoms with Gasteiger partial charge in [-0.2, -0.15) is 0 Å². The normalized spacial score (nSPS) is 12.2. The molecule has 0 aliphatic carbocycles. The first-order valence-electron chi connectivity index (χ1n) is 5.95. The number of rotatable bonds is 3. The number of phenols is 1. The lowest BCUT2D eigenvalue weighted by Crippen LogP contribution is -2.08. The molecule has 1 aromatic carbocycles. The maximum atomic E-state index is 13.6. The molecule has 0 radical (unpaired) electrons. The second-order valence-corrected chi connectivity index (χ2v) is 5.32. The molecule has 6 heteroatoms. The van der Waals surface area contributed by atoms with Crippen LogP contribution in [0.4, 0.5) is 10.2 Å². The smallest absolute Gasteiger partial charge is 0.166 e. The number of ether oxygens (including phenoxy) is 1. The van der Waals surface area contributed by atoms with Crippen molar-refractivity contribution in [3.63, 3.8) is 0 Å². The van der Waals surface area contributed by atoms with Crippen molar-refractivity contribution in [1.82, 2.24) is 4.98 Å². The van der Waals surface area contributed by atoms with Gasteiger partial charge in [-0.15, -0.1) is 0 Å². The van der Waals surface area contributed by atoms with E-state index in [9.17, 15) is 9.50 Å². The molecule has 106 valence electrons. The fourth-order valence-corrected chi connectivity index (χ4v) is 2.29. The second kappa shape index (κ2) is 5.66. The molecule has 1 aromatic heterocycles. The molecule has 0 aliphatic rings. The Kier molecular flexibility index (Phi) is 4.13. The molecule has 0 spiro atoms. The topological polar surface area (TPSA) is 68.4 Å². The number of hydrogen-bond acceptors (Lipinski definition) is 4. The lowest BCUT2D eigenvalue weighted by Gasteiger charge is -2.19. The number of phenolic OH excluding ortho intramolecular Hbond substituents is 1. The van der Waals surface area contributed by atoms with E-state index in [2.05, 4.69) is 20.9 Å². The molecule has 0 saturated carbocycles. The standard InChI is InChI=1S/C14H14BrFN2O2/c1-7-10(16)3-4-11(19)13(7)8(2)20-12-5-9(15)6-18-14(12)17/h3-6,8,19H,1-2H3,(H2,17,18). The van der Waals surface area contributed by atoms with Crippen molar-refractivity contribution in [2.45, 2.75) is 20.0 Å². The van der Waals surface area contributed by atoms with Crippen LogP contribution < -0.4 is 10.5 Å². The predicted molar refractivity (Wildman–Crippen MR) is 78.2 cm³/mol. The Balaban J connectivity index is 2.35. The molecule has 1 unspecified atom stereocenters. The monoisotopic (exact) mass is 340 g/mol. The maximum absolute atomic E-state index is 13.6. The Bertz CT molecular complexity index is 649. The van der Waals surface area contributed by atoms with E-state index in [1.165, 1.54) is 12.1 Å². The van der Waals surface area contributed by atoms with Crippen LogP contribution in [0.25, 0.3) is 0 Å². The van der Waals surface area contributed by atoms with E-state index in [4.69, 9.17) is 10.5 Å². The van der Waals surface area contributed by atoms with Crippen LogP contribution >= 0.6 is 15.9 Å². The first-order chi connectivity index (χ1) is 9.40. The van der Waals surface area contributed by atoms with Gasteiger partial charge in [0.1, 0.15) is 17.7 Å². The van der Waals surface area contributed by atoms with Crippen LogP contribution in [-0.4, -0.2) is 10.1 Å². The van der Waals surface area contributed by atoms with Crippen molar-refractivity contribution < 1.29 is 14.2 Å². The van der Waals surface area contributed by atoms with Gasteiger partial charge in [0, 0.05) is 16.2 Å². The lowest BCUT2D eigenvalue weighted by atomic mass is 10.0. The molecule has 20 heavy (non-hydrogen) atoms. The van der Waals surface area contributed by atoms with E-state index in [0.717, 1.165) is 0 Å². The zero-order chi connectivity index (χ0) is 14.9. The molecular weight excluding hydrogens is 327 g/mol. The summed E-state index contributed by atoms with van der Waals surface area (Å²) in [6.45, 7) is 3.30. The van der Waals surface area contributed by atoms with Crippen LogP contribution in [0.3, 0.4) is 0 Å². The molecule has 2 rings (SSSR count). The first-order valence-corrected chi connectivity index (χ1v) is 6.75. The van der Waals surface area contributed by atoms with Gasteiger partial charge in [0.05, 0.1) is 0 Å². The van der Waals surface area contributed by atoms with Gasteiger partial charge < -0.3 is 15.6 Å². The average Bonchev–Trinajstić information content (AvgIpc) is 2.39. The number of anilines is 1. The van der Waals surface area contributed by atoms with Crippen molar-refractivity contribution in [2.24, 2.45) is 0 Å². The highest BCUT2D eigenvalue weighted by molar-refractivity contribution is 9.10. The zero-order valence-corrected chi connectivity index (χ0v) is 12.6. The summed E-state index contributed by atoms with van der Waals surface area (Å²) in [6.07, 6.45) is 0.988. The van der Waals surface area contributed by atoms with Gasteiger partial charge >= 0.3 is 0 Å². The van der Waals surface area contributed by atoms with Crippen LogP contribution in [0, 0.1) is 12.7 Å². The largest absolute Gasteiger partial charge is 0.508 e. The number of pyridine rings is 1. The Morgan fingerprint density at radius 3 is 2.85 bits per heavy atom. The van der Waals surface area contributed by atoms with Crippen molar-refractivity contribution in [2.75, 3.05) is 5.73 Å². The van der Waals surface area contributed by atoms with Crippen molar-refractivity contribution in [3.8, 4) is 11.5 Å². The minimum absolute atomic E-state index is 0.0158. The van der Waals surface area contributed by atoms with Crippen molar-refractivity contribution in [1.29, 1.82) is 0 Å². The number of nitrogens with zero attached hydrogens (tertiary/aromatic N) is 1. The molecule has 0 saturated heterocycles. The van der Waals surface area contributed by atoms with Gasteiger partial charge in [-0.25, -0.2) is 9.37 Å². The molecule has 3 N–H and O–H groups in total. The fraction of sp³-hybridized carbons (Fsp3) is 0.214. The number of nitrogen functional groups attached to an aromatic ring is 1. The number of benzene rings is 1. The third-order valence-electron chi connectivity index (χ3n) is 2.98. The molecular formula is C14H14BrFN2O2. The van der Waals surface area contributed by atoms with Gasteiger partial charge in [-0.3, -0.25) is 0 Å². The third kappa shape index (κ3) is 2.85. The van der Waals surface area contributed by atoms with Gasteiger partial charge in [0.2, 0.25) is 0 Å². The first kappa shape index (κ1) is 14.6. The number of nitrogens with two attached hydrogens (primary N) is 1. The molecule has 0 aliphatic heterocycles. The summed E-state index contributed by atoms with van der Waals surface area (Å²) in [5.74, 6) is 0.190. The highest BCUT2D eigenvalue weighted by Crippen LogP contribution is 2.34. The molecule has 0 bridgehead atoms. The maximum Gasteiger partial charge on any atom is 0.166 e. The highest BCUT2D eigenvalue weighted by atomic mass is 79.9. The minimum Gasteiger partial charge on any atom is -0.508 e. The van der Waals surface area contributed by atoms with Crippen LogP contribution in [0.1, 0.15) is 24.2 Å². The summed E-state index contributed by atoms with van der Waals surface area (Å²) in [5.41, 5.74) is 6.47. The van der Waals surface area contributed by atoms with E-state index in [1.807, 2.05) is 0 Å². The predicted octanol–water partition coefficient (Wildman–Crippen LogP) is 3.72. The fourth-order valence-electron chi connectivity index (χ4n) is 1.98. The highest BCUT2D eigenvalue weighted by Gasteiger charge is 2.19. The molecule has 1 heterocycles. The van der Waals surface area contributed by atoms with Gasteiger partial charge in [-0.05, 0) is 53.5 Å². The van der Waals surface area contributed by atoms with Crippen LogP contribution in [0.5, 0.6) is 11.5 Å². The molecule has 0 fully saturated rings. The van der Waals surface area contributed by atoms with E-state index in [1.54, 1.807) is 26.1 Å². The summed E-state index contributed by atoms with van der Waals surface area (Å²) < 4.78 is 20.0. The average molecular weight is 341 g/mol. The molecule has 0 amide bonds. The zero-order valence-electron chi connectivity index (χ0n) is 11.0. The van der Waals surface area contributed by atoms with Crippen LogP contribution in [-0.2, 0) is 0 Å². The van der Waals surface area contributed by atoms with Crippen LogP contribution in [0.2, 0.25) is 0 Å². The summed E-state index contributed by atoms with van der Waals surface area (Å²) in [7, 11) is 0. The number of hydrogen-bond donors (Lipinski definition) is 2. The quantitative estimate of drug-likeness (QED) is 0.893. The van der Waals surface area contributed by atoms with E-state index in [-0.39, 0.29) is 11.6 Å². The summed E-state index contributed by atoms with van der Waals surface area (Å²) in [6, 6.07) is 4.19. The number of aromatic hydroxyl groups is 1. The molecule has 1 atom stereocenters. The Hall–Kier alpha value is -1.82. The summed E-state index contributed by atoms with van der Waals surface area (Å²) in [4.78, 5) is 3.96. The molecule has 2 aromatic rings. The summed E-state index contributed by atoms with van der Waals surface area (Å²) >= 11 is 3.28. The second-order valence-electron chi connectivity index (χ2n) is 4.40. The Morgan fingerprint density at radius 1 is 1.45 bits per heavy atom. The van der Waals surface area contributed by atoms with E-state index < -0.39 is 11.9 Å². The Labute approximate surface area is 124 Å². The van der Waals surface area contributed by atoms with Crippen molar-refractivity contribution >= 4 is 21.7 Å². The van der Waals surface area contributed by atoms with E-state index >= 15 is 0 Å². The van der Waals surface area contributed by atoms with Gasteiger partial charge in [0.15, 0.2) is 11.6 Å². The number of aromatic nitrogens is 1. The van der Waals surface area contributed by atoms with Gasteiger partial charge in [0.25, 0.3) is 0 Å². The third-order valence-corrected chi connectivity index (χ3v) is 3.42. The minimum atomic E-state index is -0.566. The van der Waals surface area contributed by atoms with Crippen LogP contribution in [0.15, 0.2) is 28.9 Å². The summed E-state index contributed by atoms with van der Waals surface area (Å²) in [5, 5.41) is 9.89.